The van der Waals surface area contributed by atoms with E-state index in [-0.39, 0.29) is 84.8 Å². The first-order valence-corrected chi connectivity index (χ1v) is 12.9. The molecule has 0 atom stereocenters. The van der Waals surface area contributed by atoms with Crippen LogP contribution in [0.4, 0.5) is 0 Å². The maximum Gasteiger partial charge on any atom is 1.00 e. The van der Waals surface area contributed by atoms with E-state index in [1.165, 1.54) is 51.4 Å². The van der Waals surface area contributed by atoms with Crippen molar-refractivity contribution in [3.8, 4) is 0 Å². The van der Waals surface area contributed by atoms with Crippen LogP contribution in [0, 0.1) is 0 Å². The fourth-order valence-electron chi connectivity index (χ4n) is 2.69. The van der Waals surface area contributed by atoms with Gasteiger partial charge in [0.05, 0.1) is 13.2 Å². The second-order valence-corrected chi connectivity index (χ2v) is 8.63. The summed E-state index contributed by atoms with van der Waals surface area (Å²) in [7, 11) is 0. The number of unbranched alkanes of at least 4 members (excludes halogenated alkanes) is 10. The Bertz CT molecular complexity index is 464. The smallest absolute Gasteiger partial charge is 0.550 e. The number of carboxylic acids is 2. The molecule has 0 spiro atoms. The van der Waals surface area contributed by atoms with Crippen LogP contribution in [0.5, 0.6) is 0 Å². The maximum absolute atomic E-state index is 10.2. The van der Waals surface area contributed by atoms with Crippen LogP contribution in [0.1, 0.15) is 117 Å². The van der Waals surface area contributed by atoms with E-state index in [4.69, 9.17) is 33.9 Å². The third-order valence-electron chi connectivity index (χ3n) is 4.59. The van der Waals surface area contributed by atoms with Crippen molar-refractivity contribution < 1.29 is 88.4 Å². The Hall–Kier alpha value is 0.720. The van der Waals surface area contributed by atoms with Crippen LogP contribution in [-0.4, -0.2) is 35.3 Å². The molecule has 0 aliphatic rings. The summed E-state index contributed by atoms with van der Waals surface area (Å²) >= 11 is 9.76. The summed E-state index contributed by atoms with van der Waals surface area (Å²) in [6, 6.07) is 0. The minimum Gasteiger partial charge on any atom is -0.550 e. The van der Waals surface area contributed by atoms with Crippen molar-refractivity contribution in [2.45, 2.75) is 117 Å². The van der Waals surface area contributed by atoms with Gasteiger partial charge in [0.2, 0.25) is 0 Å². The van der Waals surface area contributed by atoms with Crippen molar-refractivity contribution in [1.82, 2.24) is 0 Å². The molecule has 0 unspecified atom stereocenters. The topological polar surface area (TPSA) is 98.7 Å². The Morgan fingerprint density at radius 3 is 1.15 bits per heavy atom. The van der Waals surface area contributed by atoms with Gasteiger partial charge in [-0.1, -0.05) is 78.1 Å². The molecule has 10 heteroatoms. The van der Waals surface area contributed by atoms with Gasteiger partial charge in [-0.3, -0.25) is 0 Å². The van der Waals surface area contributed by atoms with E-state index in [0.717, 1.165) is 25.7 Å². The van der Waals surface area contributed by atoms with Crippen molar-refractivity contribution in [2.24, 2.45) is 0 Å². The molecule has 0 amide bonds. The Labute approximate surface area is 262 Å². The van der Waals surface area contributed by atoms with Gasteiger partial charge >= 0.3 is 59.1 Å². The molecule has 188 valence electrons. The zero-order chi connectivity index (χ0) is 24.5. The van der Waals surface area contributed by atoms with Crippen LogP contribution < -0.4 is 69.3 Å². The summed E-state index contributed by atoms with van der Waals surface area (Å²) in [6.07, 6.45) is 14.9. The fourth-order valence-corrected chi connectivity index (χ4v) is 3.06. The summed E-state index contributed by atoms with van der Waals surface area (Å²) in [5.74, 6) is -2.16. The Morgan fingerprint density at radius 1 is 0.559 bits per heavy atom. The molecule has 0 saturated heterocycles. The summed E-state index contributed by atoms with van der Waals surface area (Å²) in [5.41, 5.74) is 0. The number of carbonyl (C=O) groups is 2. The van der Waals surface area contributed by atoms with Gasteiger partial charge in [0.1, 0.15) is 0 Å². The number of thiocarbonyl (C=S) groups is 2. The normalized spacial score (nSPS) is 9.47. The minimum absolute atomic E-state index is 0. The van der Waals surface area contributed by atoms with E-state index in [0.29, 0.717) is 23.3 Å². The van der Waals surface area contributed by atoms with Crippen molar-refractivity contribution in [1.29, 1.82) is 0 Å². The van der Waals surface area contributed by atoms with Crippen LogP contribution in [0.15, 0.2) is 0 Å². The van der Waals surface area contributed by atoms with Crippen LogP contribution in [0.3, 0.4) is 0 Å². The molecule has 6 nitrogen and oxygen atoms in total. The Morgan fingerprint density at radius 2 is 0.853 bits per heavy atom. The number of hydrogen-bond donors (Lipinski definition) is 0. The molecule has 0 radical (unpaired) electrons. The maximum atomic E-state index is 10.2. The first-order valence-electron chi connectivity index (χ1n) is 12.0. The Kier molecular flexibility index (Phi) is 41.5. The molecule has 0 aromatic rings. The molecule has 0 fully saturated rings. The minimum atomic E-state index is -1.08. The number of carbonyl (C=O) groups excluding carboxylic acids is 2. The monoisotopic (exact) mass is 536 g/mol. The predicted octanol–water partition coefficient (Wildman–Crippen LogP) is -1.55. The second kappa shape index (κ2) is 33.7. The first-order chi connectivity index (χ1) is 15.3. The van der Waals surface area contributed by atoms with E-state index in [9.17, 15) is 19.8 Å². The first kappa shape index (κ1) is 41.8. The molecular formula is C24H42Na2O6S2. The Balaban J connectivity index is -0.000000250. The molecule has 0 heterocycles. The largest absolute Gasteiger partial charge is 1.00 e. The molecule has 0 rings (SSSR count). The van der Waals surface area contributed by atoms with Crippen molar-refractivity contribution in [3.63, 3.8) is 0 Å². The van der Waals surface area contributed by atoms with Gasteiger partial charge in [-0.05, 0) is 50.1 Å². The van der Waals surface area contributed by atoms with Crippen LogP contribution >= 0.6 is 24.4 Å². The summed E-state index contributed by atoms with van der Waals surface area (Å²) < 4.78 is 10.5. The second-order valence-electron chi connectivity index (χ2n) is 7.72. The molecule has 0 aliphatic heterocycles. The van der Waals surface area contributed by atoms with Gasteiger partial charge in [-0.25, -0.2) is 0 Å². The number of rotatable bonds is 20. The van der Waals surface area contributed by atoms with Crippen molar-refractivity contribution in [3.05, 3.63) is 0 Å². The van der Waals surface area contributed by atoms with E-state index < -0.39 is 11.9 Å². The van der Waals surface area contributed by atoms with Crippen molar-refractivity contribution in [2.75, 3.05) is 13.2 Å². The summed E-state index contributed by atoms with van der Waals surface area (Å²) in [4.78, 5) is 20.3. The van der Waals surface area contributed by atoms with Crippen LogP contribution in [-0.2, 0) is 19.1 Å². The van der Waals surface area contributed by atoms with Crippen molar-refractivity contribution >= 4 is 46.5 Å². The number of ether oxygens (including phenoxy) is 2. The van der Waals surface area contributed by atoms with E-state index in [1.54, 1.807) is 0 Å². The SMILES string of the molecule is CCCCCCCCOC(=S)CCC(=O)[O-].CCCCCCCCOC(=S)CCC(=O)[O-].[Na+].[Na+]. The fraction of sp³-hybridized carbons (Fsp3) is 0.833. The van der Waals surface area contributed by atoms with Gasteiger partial charge in [0, 0.05) is 24.8 Å². The quantitative estimate of drug-likeness (QED) is 0.105. The summed E-state index contributed by atoms with van der Waals surface area (Å²) in [6.45, 7) is 5.60. The standard InChI is InChI=1S/2C12H22O3S.2Na/c2*1-2-3-4-5-6-7-10-15-12(16)9-8-11(13)14;;/h2*2-10H2,1H3,(H,13,14);;/q;;2*+1/p-2. The van der Waals surface area contributed by atoms with Crippen LogP contribution in [0.2, 0.25) is 0 Å². The van der Waals surface area contributed by atoms with E-state index >= 15 is 0 Å². The van der Waals surface area contributed by atoms with E-state index in [2.05, 4.69) is 13.8 Å². The molecule has 0 saturated carbocycles. The number of aliphatic carboxylic acids is 2. The van der Waals surface area contributed by atoms with Gasteiger partial charge < -0.3 is 29.3 Å². The zero-order valence-corrected chi connectivity index (χ0v) is 27.6. The third kappa shape index (κ3) is 39.9. The molecule has 0 aromatic heterocycles. The average Bonchev–Trinajstić information content (AvgIpc) is 2.75. The molecule has 0 N–H and O–H groups in total. The van der Waals surface area contributed by atoms with Gasteiger partial charge in [0.25, 0.3) is 0 Å². The average molecular weight is 537 g/mol. The molecule has 34 heavy (non-hydrogen) atoms. The zero-order valence-electron chi connectivity index (χ0n) is 22.0. The third-order valence-corrected chi connectivity index (χ3v) is 5.23. The van der Waals surface area contributed by atoms with Gasteiger partial charge in [-0.2, -0.15) is 0 Å². The summed E-state index contributed by atoms with van der Waals surface area (Å²) in [5, 5.41) is 21.1. The molecular weight excluding hydrogens is 494 g/mol. The van der Waals surface area contributed by atoms with Gasteiger partial charge in [-0.15, -0.1) is 0 Å². The number of hydrogen-bond acceptors (Lipinski definition) is 8. The van der Waals surface area contributed by atoms with Gasteiger partial charge in [0.15, 0.2) is 10.1 Å². The number of carboxylic acid groups (broad SMARTS) is 2. The molecule has 0 aliphatic carbocycles. The predicted molar refractivity (Wildman–Crippen MR) is 132 cm³/mol. The molecule has 0 aromatic carbocycles. The van der Waals surface area contributed by atoms with Crippen LogP contribution in [0.25, 0.3) is 0 Å². The molecule has 0 bridgehead atoms. The van der Waals surface area contributed by atoms with E-state index in [1.807, 2.05) is 0 Å².